The molecule has 4 aliphatic rings. The maximum absolute atomic E-state index is 12.1. The van der Waals surface area contributed by atoms with Crippen LogP contribution in [-0.2, 0) is 31.8 Å². The summed E-state index contributed by atoms with van der Waals surface area (Å²) in [6, 6.07) is 7.84. The molecule has 4 aromatic rings. The Bertz CT molecular complexity index is 2140. The van der Waals surface area contributed by atoms with Gasteiger partial charge in [0.15, 0.2) is 5.78 Å². The van der Waals surface area contributed by atoms with Crippen LogP contribution in [0.4, 0.5) is 0 Å². The monoisotopic (exact) mass is 704 g/mol. The Hall–Kier alpha value is -4.37. The first-order valence-electron chi connectivity index (χ1n) is 18.5. The molecule has 52 heavy (non-hydrogen) atoms. The molecule has 2 saturated heterocycles. The van der Waals surface area contributed by atoms with Gasteiger partial charge in [0.05, 0.1) is 46.9 Å². The third kappa shape index (κ3) is 6.80. The molecular weight excluding hydrogens is 656 g/mol. The Morgan fingerprint density at radius 1 is 0.923 bits per heavy atom. The van der Waals surface area contributed by atoms with Crippen LogP contribution in [0.1, 0.15) is 95.9 Å². The second-order valence-electron chi connectivity index (χ2n) is 15.9. The molecule has 2 fully saturated rings. The van der Waals surface area contributed by atoms with E-state index >= 15 is 0 Å². The molecule has 5 heterocycles. The minimum atomic E-state index is -1.35. The number of rotatable bonds is 11. The molecule has 8 nitrogen and oxygen atoms in total. The van der Waals surface area contributed by atoms with Gasteiger partial charge in [-0.1, -0.05) is 23.3 Å². The zero-order chi connectivity index (χ0) is 36.3. The molecule has 0 bridgehead atoms. The SMILES string of the molecule is C/C(=C\CCc1c2c(cc3occc13)CC(=O)C=C2)CC[C@H]1O[C@]2(C=Cc3c(cc4occc4c3OC/C=C(\C)CC3CC(C)(C)O3)O2)OC1(C)C. The van der Waals surface area contributed by atoms with Gasteiger partial charge in [0.25, 0.3) is 0 Å². The number of benzene rings is 2. The summed E-state index contributed by atoms with van der Waals surface area (Å²) in [7, 11) is 0. The van der Waals surface area contributed by atoms with Crippen molar-refractivity contribution in [2.24, 2.45) is 0 Å². The van der Waals surface area contributed by atoms with Crippen LogP contribution in [0.5, 0.6) is 11.5 Å². The number of carbonyl (C=O) groups is 1. The number of aryl methyl sites for hydroxylation is 1. The number of ether oxygens (including phenoxy) is 5. The number of fused-ring (bicyclic) bond motifs is 4. The third-order valence-corrected chi connectivity index (χ3v) is 10.8. The van der Waals surface area contributed by atoms with Crippen molar-refractivity contribution < 1.29 is 37.3 Å². The van der Waals surface area contributed by atoms with Crippen molar-refractivity contribution in [2.45, 2.75) is 116 Å². The minimum absolute atomic E-state index is 0.0134. The molecule has 0 radical (unpaired) electrons. The van der Waals surface area contributed by atoms with Crippen LogP contribution in [0.2, 0.25) is 0 Å². The van der Waals surface area contributed by atoms with Crippen molar-refractivity contribution in [3.05, 3.63) is 94.5 Å². The van der Waals surface area contributed by atoms with E-state index in [1.54, 1.807) is 18.6 Å². The Kier molecular flexibility index (Phi) is 8.84. The van der Waals surface area contributed by atoms with Crippen molar-refractivity contribution in [3.63, 3.8) is 0 Å². The lowest BCUT2D eigenvalue weighted by atomic mass is 9.88. The summed E-state index contributed by atoms with van der Waals surface area (Å²) in [6.45, 7) is 13.1. The highest BCUT2D eigenvalue weighted by molar-refractivity contribution is 6.01. The van der Waals surface area contributed by atoms with Crippen LogP contribution >= 0.6 is 0 Å². The zero-order valence-corrected chi connectivity index (χ0v) is 31.0. The van der Waals surface area contributed by atoms with Crippen LogP contribution < -0.4 is 9.47 Å². The Labute approximate surface area is 305 Å². The molecule has 1 unspecified atom stereocenters. The molecule has 8 rings (SSSR count). The highest BCUT2D eigenvalue weighted by atomic mass is 16.9. The average molecular weight is 705 g/mol. The van der Waals surface area contributed by atoms with E-state index in [1.165, 1.54) is 16.7 Å². The number of hydrogen-bond acceptors (Lipinski definition) is 8. The standard InChI is InChI=1S/C44H48O8/c1-27(8-7-9-33-32-12-11-30(45)23-29(32)24-37-34(33)16-20-46-37)10-13-40-43(5,6)52-44(51-40)18-14-35-39(50-44)25-38-36(17-21-47-38)41(35)48-19-15-28(2)22-31-26-42(3,4)49-31/h8,11-12,14-18,20-21,24-25,31,40H,7,9-10,13,19,22-23,26H2,1-6H3/b27-8+,28-15+/t31?,40-,44-/m1/s1. The number of allylic oxidation sites excluding steroid dienone is 3. The van der Waals surface area contributed by atoms with Gasteiger partial charge in [-0.05, 0) is 127 Å². The normalized spacial score (nSPS) is 24.7. The third-order valence-electron chi connectivity index (χ3n) is 10.8. The summed E-state index contributed by atoms with van der Waals surface area (Å²) < 4.78 is 43.6. The van der Waals surface area contributed by atoms with E-state index in [9.17, 15) is 4.79 Å². The van der Waals surface area contributed by atoms with E-state index in [-0.39, 0.29) is 23.6 Å². The van der Waals surface area contributed by atoms with Gasteiger partial charge in [0, 0.05) is 30.4 Å². The molecule has 1 aliphatic carbocycles. The molecule has 3 aliphatic heterocycles. The number of carbonyl (C=O) groups excluding carboxylic acids is 1. The number of furan rings is 2. The fraction of sp³-hybridized carbons (Fsp3) is 0.432. The lowest BCUT2D eigenvalue weighted by Crippen LogP contribution is -2.45. The van der Waals surface area contributed by atoms with Crippen molar-refractivity contribution in [3.8, 4) is 11.5 Å². The van der Waals surface area contributed by atoms with E-state index in [0.29, 0.717) is 30.1 Å². The Balaban J connectivity index is 0.915. The van der Waals surface area contributed by atoms with E-state index in [4.69, 9.17) is 32.5 Å². The highest BCUT2D eigenvalue weighted by Crippen LogP contribution is 2.48. The summed E-state index contributed by atoms with van der Waals surface area (Å²) in [5, 5.41) is 2.01. The lowest BCUT2D eigenvalue weighted by molar-refractivity contribution is -0.270. The van der Waals surface area contributed by atoms with Crippen LogP contribution in [0.3, 0.4) is 0 Å². The molecule has 0 N–H and O–H groups in total. The van der Waals surface area contributed by atoms with E-state index in [2.05, 4.69) is 53.7 Å². The van der Waals surface area contributed by atoms with E-state index < -0.39 is 11.6 Å². The van der Waals surface area contributed by atoms with Crippen molar-refractivity contribution in [2.75, 3.05) is 6.61 Å². The summed E-state index contributed by atoms with van der Waals surface area (Å²) in [5.74, 6) is 0.0810. The van der Waals surface area contributed by atoms with Gasteiger partial charge in [-0.25, -0.2) is 0 Å². The largest absolute Gasteiger partial charge is 0.488 e. The zero-order valence-electron chi connectivity index (χ0n) is 31.0. The lowest BCUT2D eigenvalue weighted by Gasteiger charge is -2.43. The minimum Gasteiger partial charge on any atom is -0.488 e. The van der Waals surface area contributed by atoms with Gasteiger partial charge in [0.2, 0.25) is 0 Å². The first-order chi connectivity index (χ1) is 24.9. The molecule has 0 saturated carbocycles. The van der Waals surface area contributed by atoms with Crippen molar-refractivity contribution in [1.82, 2.24) is 0 Å². The van der Waals surface area contributed by atoms with Crippen LogP contribution in [0, 0.1) is 0 Å². The van der Waals surface area contributed by atoms with Crippen molar-refractivity contribution >= 4 is 39.9 Å². The number of ketones is 1. The summed E-state index contributed by atoms with van der Waals surface area (Å²) in [4.78, 5) is 12.1. The fourth-order valence-electron chi connectivity index (χ4n) is 8.21. The predicted octanol–water partition coefficient (Wildman–Crippen LogP) is 10.2. The molecule has 2 aromatic carbocycles. The fourth-order valence-corrected chi connectivity index (χ4v) is 8.21. The topological polar surface area (TPSA) is 89.5 Å². The molecule has 1 spiro atoms. The molecule has 2 aromatic heterocycles. The summed E-state index contributed by atoms with van der Waals surface area (Å²) in [5.41, 5.74) is 7.72. The van der Waals surface area contributed by atoms with Crippen LogP contribution in [-0.4, -0.2) is 41.8 Å². The van der Waals surface area contributed by atoms with Crippen LogP contribution in [0.15, 0.2) is 81.1 Å². The van der Waals surface area contributed by atoms with E-state index in [1.807, 2.05) is 42.5 Å². The first kappa shape index (κ1) is 34.7. The first-order valence-corrected chi connectivity index (χ1v) is 18.5. The van der Waals surface area contributed by atoms with Crippen molar-refractivity contribution in [1.29, 1.82) is 0 Å². The Morgan fingerprint density at radius 2 is 1.69 bits per heavy atom. The van der Waals surface area contributed by atoms with E-state index in [0.717, 1.165) is 71.6 Å². The van der Waals surface area contributed by atoms with Gasteiger partial charge < -0.3 is 32.5 Å². The molecule has 3 atom stereocenters. The maximum atomic E-state index is 12.1. The maximum Gasteiger partial charge on any atom is 0.350 e. The summed E-state index contributed by atoms with van der Waals surface area (Å²) in [6.07, 6.45) is 21.2. The predicted molar refractivity (Wildman–Crippen MR) is 201 cm³/mol. The highest BCUT2D eigenvalue weighted by Gasteiger charge is 2.54. The second kappa shape index (κ2) is 13.2. The van der Waals surface area contributed by atoms with Gasteiger partial charge in [0.1, 0.15) is 29.3 Å². The molecule has 0 amide bonds. The average Bonchev–Trinajstić information content (AvgIpc) is 3.79. The molecule has 272 valence electrons. The second-order valence-corrected chi connectivity index (χ2v) is 15.9. The van der Waals surface area contributed by atoms with Gasteiger partial charge in [-0.3, -0.25) is 4.79 Å². The summed E-state index contributed by atoms with van der Waals surface area (Å²) >= 11 is 0. The van der Waals surface area contributed by atoms with Gasteiger partial charge in [-0.15, -0.1) is 0 Å². The quantitative estimate of drug-likeness (QED) is 0.143. The molecular formula is C44H48O8. The number of hydrogen-bond donors (Lipinski definition) is 0. The smallest absolute Gasteiger partial charge is 0.350 e. The van der Waals surface area contributed by atoms with Crippen LogP contribution in [0.25, 0.3) is 34.1 Å². The molecule has 8 heteroatoms. The van der Waals surface area contributed by atoms with Gasteiger partial charge >= 0.3 is 5.97 Å². The van der Waals surface area contributed by atoms with Gasteiger partial charge in [-0.2, -0.15) is 0 Å². The Morgan fingerprint density at radius 3 is 2.48 bits per heavy atom.